The van der Waals surface area contributed by atoms with E-state index in [0.29, 0.717) is 91.4 Å². The topological polar surface area (TPSA) is 153 Å². The van der Waals surface area contributed by atoms with Gasteiger partial charge in [0.05, 0.1) is 31.8 Å². The number of hydrogen-bond donors (Lipinski definition) is 2. The molecule has 0 saturated heterocycles. The molecule has 11 nitrogen and oxygen atoms in total. The van der Waals surface area contributed by atoms with E-state index in [2.05, 4.69) is 10.6 Å². The van der Waals surface area contributed by atoms with Gasteiger partial charge in [-0.05, 0) is 57.8 Å². The quantitative estimate of drug-likeness (QED) is 0.110. The number of rotatable bonds is 29. The van der Waals surface area contributed by atoms with Crippen LogP contribution in [0.25, 0.3) is 5.73 Å². The van der Waals surface area contributed by atoms with Crippen molar-refractivity contribution < 1.29 is 59.2 Å². The minimum Gasteiger partial charge on any atom is -0.668 e. The Morgan fingerprint density at radius 3 is 1.24 bits per heavy atom. The summed E-state index contributed by atoms with van der Waals surface area (Å²) < 4.78 is 24.1. The Morgan fingerprint density at radius 1 is 0.585 bits per heavy atom. The SMILES string of the molecule is CCC(=O)CCCCOCC(COCCCCC([NH-])=O)(COCCCCC(=O)NC)COCCCCC(=O)NC.[W]. The van der Waals surface area contributed by atoms with Crippen LogP contribution in [-0.2, 0) is 59.2 Å². The maximum atomic E-state index is 11.6. The van der Waals surface area contributed by atoms with Crippen LogP contribution in [0.15, 0.2) is 0 Å². The zero-order valence-electron chi connectivity index (χ0n) is 25.5. The molecule has 41 heavy (non-hydrogen) atoms. The molecule has 0 aliphatic carbocycles. The predicted molar refractivity (Wildman–Crippen MR) is 154 cm³/mol. The van der Waals surface area contributed by atoms with Crippen molar-refractivity contribution >= 4 is 23.5 Å². The van der Waals surface area contributed by atoms with E-state index in [-0.39, 0.29) is 45.1 Å². The van der Waals surface area contributed by atoms with Crippen LogP contribution in [0, 0.1) is 5.41 Å². The van der Waals surface area contributed by atoms with Gasteiger partial charge in [-0.25, -0.2) is 0 Å². The Bertz CT molecular complexity index is 628. The normalized spacial score (nSPS) is 11.1. The molecule has 0 fully saturated rings. The molecule has 0 aliphatic rings. The number of carbonyl (C=O) groups is 4. The van der Waals surface area contributed by atoms with Crippen molar-refractivity contribution in [2.24, 2.45) is 5.41 Å². The first-order chi connectivity index (χ1) is 19.3. The minimum atomic E-state index is -0.571. The second kappa shape index (κ2) is 28.7. The molecule has 3 N–H and O–H groups in total. The zero-order chi connectivity index (χ0) is 29.9. The number of hydrogen-bond acceptors (Lipinski definition) is 8. The average molecular weight is 757 g/mol. The molecule has 0 bridgehead atoms. The number of Topliss-reactive ketones (excluding diaryl/α,β-unsaturated/α-hetero) is 1. The second-order valence-electron chi connectivity index (χ2n) is 10.2. The minimum absolute atomic E-state index is 0. The third-order valence-electron chi connectivity index (χ3n) is 6.41. The number of ether oxygens (including phenoxy) is 4. The number of ketones is 1. The maximum absolute atomic E-state index is 11.6. The fourth-order valence-corrected chi connectivity index (χ4v) is 3.83. The molecule has 0 spiro atoms. The molecule has 3 amide bonds. The van der Waals surface area contributed by atoms with Gasteiger partial charge < -0.3 is 40.1 Å². The van der Waals surface area contributed by atoms with E-state index in [1.54, 1.807) is 14.1 Å². The Kier molecular flexibility index (Phi) is 29.2. The van der Waals surface area contributed by atoms with Gasteiger partial charge in [0.2, 0.25) is 11.8 Å². The summed E-state index contributed by atoms with van der Waals surface area (Å²) in [6.07, 6.45) is 8.05. The largest absolute Gasteiger partial charge is 0.668 e. The Morgan fingerprint density at radius 2 is 0.927 bits per heavy atom. The van der Waals surface area contributed by atoms with Crippen molar-refractivity contribution in [1.29, 1.82) is 0 Å². The second-order valence-corrected chi connectivity index (χ2v) is 10.2. The third-order valence-corrected chi connectivity index (χ3v) is 6.41. The first-order valence-corrected chi connectivity index (χ1v) is 14.8. The van der Waals surface area contributed by atoms with E-state index in [1.165, 1.54) is 0 Å². The molecule has 0 heterocycles. The van der Waals surface area contributed by atoms with Crippen LogP contribution in [0.2, 0.25) is 0 Å². The summed E-state index contributed by atoms with van der Waals surface area (Å²) in [5, 5.41) is 5.24. The summed E-state index contributed by atoms with van der Waals surface area (Å²) in [5.74, 6) is -0.301. The van der Waals surface area contributed by atoms with Crippen molar-refractivity contribution in [1.82, 2.24) is 10.6 Å². The summed E-state index contributed by atoms with van der Waals surface area (Å²) >= 11 is 0. The average Bonchev–Trinajstić information content (AvgIpc) is 2.95. The van der Waals surface area contributed by atoms with E-state index in [0.717, 1.165) is 38.5 Å². The first-order valence-electron chi connectivity index (χ1n) is 14.8. The summed E-state index contributed by atoms with van der Waals surface area (Å²) in [6, 6.07) is 0. The molecule has 0 aromatic heterocycles. The number of amides is 3. The molecule has 240 valence electrons. The van der Waals surface area contributed by atoms with Gasteiger partial charge >= 0.3 is 0 Å². The Labute approximate surface area is 261 Å². The predicted octanol–water partition coefficient (Wildman–Crippen LogP) is 3.77. The molecule has 0 aliphatic heterocycles. The van der Waals surface area contributed by atoms with Crippen molar-refractivity contribution in [3.63, 3.8) is 0 Å². The molecule has 12 heteroatoms. The van der Waals surface area contributed by atoms with Gasteiger partial charge in [0.15, 0.2) is 0 Å². The molecule has 0 radical (unpaired) electrons. The van der Waals surface area contributed by atoms with Gasteiger partial charge in [0.1, 0.15) is 5.78 Å². The van der Waals surface area contributed by atoms with Crippen molar-refractivity contribution in [2.45, 2.75) is 90.4 Å². The summed E-state index contributed by atoms with van der Waals surface area (Å²) in [7, 11) is 3.25. The number of nitrogens with one attached hydrogen (secondary N) is 3. The zero-order valence-corrected chi connectivity index (χ0v) is 28.5. The van der Waals surface area contributed by atoms with Gasteiger partial charge in [-0.2, -0.15) is 0 Å². The standard InChI is InChI=1S/C29H55N3O8.W/c1-4-25(33)13-5-9-17-37-21-29(22-38-18-10-6-14-26(30)34,23-39-19-11-7-15-27(35)31-2)24-40-20-12-8-16-28(36)32-3;/h4-24H2,1-3H3,(H4,30,31,32,34,35,36);/p-1. The molecule has 0 rings (SSSR count). The number of unbranched alkanes of at least 4 members (excludes halogenated alkanes) is 4. The molecule has 0 atom stereocenters. The van der Waals surface area contributed by atoms with Crippen LogP contribution in [0.3, 0.4) is 0 Å². The molecule has 0 aromatic carbocycles. The van der Waals surface area contributed by atoms with Crippen molar-refractivity contribution in [2.75, 3.05) is 67.0 Å². The van der Waals surface area contributed by atoms with Crippen LogP contribution in [0.4, 0.5) is 0 Å². The van der Waals surface area contributed by atoms with Crippen LogP contribution < -0.4 is 10.6 Å². The van der Waals surface area contributed by atoms with Crippen molar-refractivity contribution in [3.05, 3.63) is 5.73 Å². The van der Waals surface area contributed by atoms with E-state index < -0.39 is 11.3 Å². The van der Waals surface area contributed by atoms with E-state index in [1.807, 2.05) is 6.92 Å². The Hall–Kier alpha value is -1.39. The van der Waals surface area contributed by atoms with E-state index >= 15 is 0 Å². The van der Waals surface area contributed by atoms with Gasteiger partial charge in [-0.1, -0.05) is 6.92 Å². The van der Waals surface area contributed by atoms with Gasteiger partial charge in [-0.3, -0.25) is 14.4 Å². The van der Waals surface area contributed by atoms with Gasteiger partial charge in [-0.15, -0.1) is 0 Å². The molecule has 0 saturated carbocycles. The van der Waals surface area contributed by atoms with E-state index in [4.69, 9.17) is 24.7 Å². The smallest absolute Gasteiger partial charge is 0.219 e. The van der Waals surface area contributed by atoms with E-state index in [9.17, 15) is 19.2 Å². The summed E-state index contributed by atoms with van der Waals surface area (Å²) in [6.45, 7) is 5.23. The molecule has 0 aromatic rings. The molecular formula is C29H54N3O8W-. The van der Waals surface area contributed by atoms with Crippen LogP contribution >= 0.6 is 0 Å². The Balaban J connectivity index is 0. The maximum Gasteiger partial charge on any atom is 0.219 e. The first kappa shape index (κ1) is 41.7. The monoisotopic (exact) mass is 756 g/mol. The summed E-state index contributed by atoms with van der Waals surface area (Å²) in [5.41, 5.74) is 6.48. The van der Waals surface area contributed by atoms with Crippen LogP contribution in [0.1, 0.15) is 90.4 Å². The van der Waals surface area contributed by atoms with Crippen molar-refractivity contribution in [3.8, 4) is 0 Å². The summed E-state index contributed by atoms with van der Waals surface area (Å²) in [4.78, 5) is 45.4. The fraction of sp³-hybridized carbons (Fsp3) is 0.862. The molecular weight excluding hydrogens is 702 g/mol. The third kappa shape index (κ3) is 26.0. The van der Waals surface area contributed by atoms with Crippen LogP contribution in [-0.4, -0.2) is 90.5 Å². The van der Waals surface area contributed by atoms with Gasteiger partial charge in [0, 0.05) is 93.2 Å². The fourth-order valence-electron chi connectivity index (χ4n) is 3.83. The number of carbonyl (C=O) groups excluding carboxylic acids is 4. The molecule has 0 unspecified atom stereocenters. The van der Waals surface area contributed by atoms with Crippen LogP contribution in [0.5, 0.6) is 0 Å². The van der Waals surface area contributed by atoms with Gasteiger partial charge in [0.25, 0.3) is 0 Å².